The van der Waals surface area contributed by atoms with E-state index in [1.807, 2.05) is 0 Å². The second-order valence-corrected chi connectivity index (χ2v) is 10.9. The molecule has 4 aromatic rings. The molecule has 11 heteroatoms. The molecule has 1 aromatic heterocycles. The molecule has 1 aliphatic rings. The van der Waals surface area contributed by atoms with Crippen molar-refractivity contribution in [3.8, 4) is 16.9 Å². The third kappa shape index (κ3) is 7.07. The fraction of sp³-hybridized carbons (Fsp3) is 0.233. The van der Waals surface area contributed by atoms with Crippen LogP contribution in [0.3, 0.4) is 0 Å². The van der Waals surface area contributed by atoms with Crippen LogP contribution in [0, 0.1) is 0 Å². The van der Waals surface area contributed by atoms with Crippen LogP contribution >= 0.6 is 22.9 Å². The standard InChI is InChI=1S/C30H25ClF3N3O3S/c31-22-8-10-23(11-9-22)40-17-27(38)37-14-12-19(13-15-37)29-36-26(18-41-29)28(39)35-25-7-2-1-6-24(25)20-4-3-5-21(16-20)30(32,33)34/h1-11,16,18-19H,12-15,17H2,(H,35,39). The highest BCUT2D eigenvalue weighted by atomic mass is 35.5. The van der Waals surface area contributed by atoms with Gasteiger partial charge in [-0.05, 0) is 60.9 Å². The summed E-state index contributed by atoms with van der Waals surface area (Å²) in [5, 5.41) is 5.88. The summed E-state index contributed by atoms with van der Waals surface area (Å²) in [5.41, 5.74) is 0.675. The Bertz CT molecular complexity index is 1530. The molecule has 0 spiro atoms. The summed E-state index contributed by atoms with van der Waals surface area (Å²) in [6.45, 7) is 1.05. The number of carbonyl (C=O) groups excluding carboxylic acids is 2. The lowest BCUT2D eigenvalue weighted by molar-refractivity contribution is -0.137. The minimum absolute atomic E-state index is 0.0597. The van der Waals surface area contributed by atoms with Crippen LogP contribution in [0.5, 0.6) is 5.75 Å². The first-order valence-corrected chi connectivity index (χ1v) is 14.1. The Morgan fingerprint density at radius 1 is 1.02 bits per heavy atom. The van der Waals surface area contributed by atoms with Gasteiger partial charge < -0.3 is 15.0 Å². The Kier molecular flexibility index (Phi) is 8.60. The molecule has 41 heavy (non-hydrogen) atoms. The number of amides is 2. The number of nitrogens with zero attached hydrogens (tertiary/aromatic N) is 2. The van der Waals surface area contributed by atoms with Crippen molar-refractivity contribution in [2.75, 3.05) is 25.0 Å². The normalized spacial score (nSPS) is 14.1. The third-order valence-electron chi connectivity index (χ3n) is 6.80. The van der Waals surface area contributed by atoms with E-state index in [2.05, 4.69) is 10.3 Å². The summed E-state index contributed by atoms with van der Waals surface area (Å²) in [6.07, 6.45) is -3.06. The Morgan fingerprint density at radius 3 is 2.49 bits per heavy atom. The molecule has 2 heterocycles. The van der Waals surface area contributed by atoms with E-state index in [1.165, 1.54) is 17.4 Å². The highest BCUT2D eigenvalue weighted by Gasteiger charge is 2.31. The number of rotatable bonds is 7. The summed E-state index contributed by atoms with van der Waals surface area (Å²) < 4.78 is 45.3. The minimum Gasteiger partial charge on any atom is -0.484 e. The van der Waals surface area contributed by atoms with Gasteiger partial charge in [0.15, 0.2) is 6.61 Å². The fourth-order valence-corrected chi connectivity index (χ4v) is 5.71. The maximum absolute atomic E-state index is 13.2. The van der Waals surface area contributed by atoms with Gasteiger partial charge in [0.05, 0.1) is 10.6 Å². The van der Waals surface area contributed by atoms with Gasteiger partial charge in [0.25, 0.3) is 11.8 Å². The molecule has 5 rings (SSSR count). The predicted molar refractivity (Wildman–Crippen MR) is 152 cm³/mol. The lowest BCUT2D eigenvalue weighted by Crippen LogP contribution is -2.40. The van der Waals surface area contributed by atoms with Crippen LogP contribution in [0.15, 0.2) is 78.2 Å². The highest BCUT2D eigenvalue weighted by Crippen LogP contribution is 2.35. The number of piperidine rings is 1. The van der Waals surface area contributed by atoms with Crippen LogP contribution in [0.1, 0.15) is 39.8 Å². The summed E-state index contributed by atoms with van der Waals surface area (Å²) in [4.78, 5) is 32.0. The molecular formula is C30H25ClF3N3O3S. The Labute approximate surface area is 243 Å². The van der Waals surface area contributed by atoms with Crippen molar-refractivity contribution in [2.24, 2.45) is 0 Å². The second-order valence-electron chi connectivity index (χ2n) is 9.55. The molecule has 0 saturated carbocycles. The number of nitrogens with one attached hydrogen (secondary N) is 1. The van der Waals surface area contributed by atoms with Crippen LogP contribution in [-0.2, 0) is 11.0 Å². The number of likely N-dealkylation sites (tertiary alicyclic amines) is 1. The first-order valence-electron chi connectivity index (χ1n) is 12.9. The molecule has 0 atom stereocenters. The van der Waals surface area contributed by atoms with Crippen molar-refractivity contribution < 1.29 is 27.5 Å². The highest BCUT2D eigenvalue weighted by molar-refractivity contribution is 7.10. The predicted octanol–water partition coefficient (Wildman–Crippen LogP) is 7.52. The maximum Gasteiger partial charge on any atom is 0.416 e. The van der Waals surface area contributed by atoms with Crippen LogP contribution in [0.4, 0.5) is 18.9 Å². The number of carbonyl (C=O) groups is 2. The van der Waals surface area contributed by atoms with Gasteiger partial charge in [-0.25, -0.2) is 4.98 Å². The summed E-state index contributed by atoms with van der Waals surface area (Å²) in [5.74, 6) is 0.139. The number of aromatic nitrogens is 1. The van der Waals surface area contributed by atoms with Crippen molar-refractivity contribution in [1.29, 1.82) is 0 Å². The molecule has 3 aromatic carbocycles. The van der Waals surface area contributed by atoms with E-state index in [0.717, 1.165) is 17.1 Å². The number of hydrogen-bond acceptors (Lipinski definition) is 5. The molecule has 1 N–H and O–H groups in total. The van der Waals surface area contributed by atoms with E-state index in [1.54, 1.807) is 64.9 Å². The van der Waals surface area contributed by atoms with Crippen molar-refractivity contribution in [2.45, 2.75) is 24.9 Å². The number of para-hydroxylation sites is 1. The van der Waals surface area contributed by atoms with E-state index < -0.39 is 17.6 Å². The molecule has 1 fully saturated rings. The number of thiazole rings is 1. The van der Waals surface area contributed by atoms with Gasteiger partial charge in [-0.2, -0.15) is 13.2 Å². The summed E-state index contributed by atoms with van der Waals surface area (Å²) in [6, 6.07) is 18.5. The maximum atomic E-state index is 13.2. The minimum atomic E-state index is -4.47. The van der Waals surface area contributed by atoms with E-state index in [4.69, 9.17) is 16.3 Å². The van der Waals surface area contributed by atoms with Crippen molar-refractivity contribution in [3.63, 3.8) is 0 Å². The van der Waals surface area contributed by atoms with E-state index in [9.17, 15) is 22.8 Å². The average Bonchev–Trinajstić information content (AvgIpc) is 3.47. The molecule has 0 unspecified atom stereocenters. The first-order chi connectivity index (χ1) is 19.7. The molecule has 0 aliphatic carbocycles. The first kappa shape index (κ1) is 28.6. The molecule has 212 valence electrons. The second kappa shape index (κ2) is 12.3. The molecular weight excluding hydrogens is 575 g/mol. The van der Waals surface area contributed by atoms with Gasteiger partial charge in [-0.1, -0.05) is 41.9 Å². The Morgan fingerprint density at radius 2 is 1.76 bits per heavy atom. The number of ether oxygens (including phenoxy) is 1. The van der Waals surface area contributed by atoms with Crippen LogP contribution < -0.4 is 10.1 Å². The van der Waals surface area contributed by atoms with Gasteiger partial charge in [0, 0.05) is 40.7 Å². The van der Waals surface area contributed by atoms with Crippen LogP contribution in [0.25, 0.3) is 11.1 Å². The number of hydrogen-bond donors (Lipinski definition) is 1. The monoisotopic (exact) mass is 599 g/mol. The molecule has 2 amide bonds. The smallest absolute Gasteiger partial charge is 0.416 e. The van der Waals surface area contributed by atoms with Gasteiger partial charge in [-0.3, -0.25) is 9.59 Å². The fourth-order valence-electron chi connectivity index (χ4n) is 4.62. The number of benzene rings is 3. The Hall–Kier alpha value is -3.89. The zero-order valence-electron chi connectivity index (χ0n) is 21.7. The quantitative estimate of drug-likeness (QED) is 0.238. The zero-order valence-corrected chi connectivity index (χ0v) is 23.2. The molecule has 0 radical (unpaired) electrons. The SMILES string of the molecule is O=C(Nc1ccccc1-c1cccc(C(F)(F)F)c1)c1csc(C2CCN(C(=O)COc3ccc(Cl)cc3)CC2)n1. The van der Waals surface area contributed by atoms with Crippen molar-refractivity contribution in [1.82, 2.24) is 9.88 Å². The molecule has 6 nitrogen and oxygen atoms in total. The van der Waals surface area contributed by atoms with Crippen LogP contribution in [0.2, 0.25) is 5.02 Å². The number of anilines is 1. The lowest BCUT2D eigenvalue weighted by Gasteiger charge is -2.31. The zero-order chi connectivity index (χ0) is 29.0. The Balaban J connectivity index is 1.18. The summed E-state index contributed by atoms with van der Waals surface area (Å²) >= 11 is 7.26. The topological polar surface area (TPSA) is 71.5 Å². The van der Waals surface area contributed by atoms with E-state index in [-0.39, 0.29) is 24.1 Å². The summed E-state index contributed by atoms with van der Waals surface area (Å²) in [7, 11) is 0. The number of halogens is 4. The average molecular weight is 600 g/mol. The third-order valence-corrected chi connectivity index (χ3v) is 8.06. The van der Waals surface area contributed by atoms with Crippen LogP contribution in [-0.4, -0.2) is 41.4 Å². The van der Waals surface area contributed by atoms with Gasteiger partial charge in [-0.15, -0.1) is 11.3 Å². The van der Waals surface area contributed by atoms with Gasteiger partial charge in [0.2, 0.25) is 0 Å². The lowest BCUT2D eigenvalue weighted by atomic mass is 9.97. The largest absolute Gasteiger partial charge is 0.484 e. The van der Waals surface area contributed by atoms with Gasteiger partial charge >= 0.3 is 6.18 Å². The molecule has 1 aliphatic heterocycles. The van der Waals surface area contributed by atoms with E-state index in [0.29, 0.717) is 53.5 Å². The van der Waals surface area contributed by atoms with Crippen molar-refractivity contribution in [3.05, 3.63) is 99.5 Å². The number of alkyl halides is 3. The van der Waals surface area contributed by atoms with Gasteiger partial charge in [0.1, 0.15) is 11.4 Å². The van der Waals surface area contributed by atoms with Crippen molar-refractivity contribution >= 4 is 40.4 Å². The van der Waals surface area contributed by atoms with E-state index >= 15 is 0 Å². The molecule has 0 bridgehead atoms. The molecule has 1 saturated heterocycles.